The second-order valence-electron chi connectivity index (χ2n) is 17.9. The molecule has 16 aromatic rings. The van der Waals surface area contributed by atoms with Gasteiger partial charge in [-0.25, -0.2) is 9.97 Å². The van der Waals surface area contributed by atoms with E-state index in [1.807, 2.05) is 24.3 Å². The number of hydrogen-bond acceptors (Lipinski definition) is 4. The Kier molecular flexibility index (Phi) is 6.80. The first-order valence-electron chi connectivity index (χ1n) is 22.8. The van der Waals surface area contributed by atoms with Gasteiger partial charge in [0.2, 0.25) is 11.6 Å². The van der Waals surface area contributed by atoms with E-state index in [0.717, 1.165) is 111 Å². The van der Waals surface area contributed by atoms with Crippen molar-refractivity contribution in [3.8, 4) is 33.6 Å². The van der Waals surface area contributed by atoms with Gasteiger partial charge in [-0.05, 0) is 131 Å². The molecule has 0 atom stereocenters. The Balaban J connectivity index is 0.842. The first kappa shape index (κ1) is 35.9. The predicted octanol–water partition coefficient (Wildman–Crippen LogP) is 13.7. The van der Waals surface area contributed by atoms with Crippen LogP contribution in [-0.4, -0.2) is 41.9 Å². The van der Waals surface area contributed by atoms with Gasteiger partial charge in [0.15, 0.2) is 5.58 Å². The van der Waals surface area contributed by atoms with Crippen LogP contribution in [0, 0.1) is 0 Å². The SMILES string of the molecule is Cn1c2ccc(-c3ccc4c(c3)c3ccccc3n4-c3cccc(-c4ccc5c(c4)n4c6ccccc6nc4n5-c4ccc5nc6oc7ccccc7n6c5c4)c3)cc2n2c3ccccc3nc12. The molecule has 9 aromatic carbocycles. The average Bonchev–Trinajstić information content (AvgIpc) is 4.25. The number of aryl methyl sites for hydroxylation is 1. The minimum absolute atomic E-state index is 0.580. The van der Waals surface area contributed by atoms with E-state index in [4.69, 9.17) is 19.4 Å². The molecule has 0 fully saturated rings. The molecule has 0 saturated carbocycles. The topological polar surface area (TPSA) is 79.8 Å². The fourth-order valence-corrected chi connectivity index (χ4v) is 11.1. The zero-order valence-corrected chi connectivity index (χ0v) is 36.4. The molecule has 0 unspecified atom stereocenters. The summed E-state index contributed by atoms with van der Waals surface area (Å²) in [7, 11) is 2.10. The Hall–Kier alpha value is -9.41. The van der Waals surface area contributed by atoms with Crippen molar-refractivity contribution in [2.45, 2.75) is 0 Å². The first-order chi connectivity index (χ1) is 33.6. The molecule has 7 aromatic heterocycles. The van der Waals surface area contributed by atoms with Crippen LogP contribution in [0.25, 0.3) is 139 Å². The van der Waals surface area contributed by atoms with Gasteiger partial charge in [0.05, 0.1) is 77.4 Å². The number of rotatable bonds is 4. The standard InChI is InChI=1S/C58H35N9O/c1-62-49-27-22-37(31-53(49)65-47-17-6-3-14-42(47)59-56(62)65)35-21-26-46-41(30-35)40-13-2-5-16-45(40)63(46)38-12-10-11-34(29-38)36-23-28-50-54(32-36)66-48-18-7-4-15-43(48)60-57(66)64(50)39-24-25-44-52(33-39)67-51-19-8-9-20-55(51)68-58(67)61-44/h2-33H,1H3. The zero-order valence-electron chi connectivity index (χ0n) is 36.4. The van der Waals surface area contributed by atoms with Crippen LogP contribution >= 0.6 is 0 Å². The molecule has 318 valence electrons. The molecular formula is C58H35N9O. The maximum Gasteiger partial charge on any atom is 0.307 e. The van der Waals surface area contributed by atoms with Crippen molar-refractivity contribution in [3.05, 3.63) is 194 Å². The third-order valence-electron chi connectivity index (χ3n) is 14.2. The molecule has 0 saturated heterocycles. The summed E-state index contributed by atoms with van der Waals surface area (Å²) >= 11 is 0. The third-order valence-corrected chi connectivity index (χ3v) is 14.2. The van der Waals surface area contributed by atoms with Crippen LogP contribution in [0.4, 0.5) is 0 Å². The van der Waals surface area contributed by atoms with Crippen LogP contribution in [0.1, 0.15) is 0 Å². The van der Waals surface area contributed by atoms with Crippen LogP contribution in [0.15, 0.2) is 199 Å². The summed E-state index contributed by atoms with van der Waals surface area (Å²) in [5.74, 6) is 2.37. The molecule has 0 spiro atoms. The number of nitrogens with zero attached hydrogens (tertiary/aromatic N) is 9. The van der Waals surface area contributed by atoms with E-state index in [0.29, 0.717) is 5.84 Å². The van der Waals surface area contributed by atoms with Crippen molar-refractivity contribution < 1.29 is 4.42 Å². The number of para-hydroxylation sites is 7. The Morgan fingerprint density at radius 1 is 0.338 bits per heavy atom. The van der Waals surface area contributed by atoms with Gasteiger partial charge >= 0.3 is 5.84 Å². The van der Waals surface area contributed by atoms with Crippen molar-refractivity contribution in [2.75, 3.05) is 0 Å². The number of benzene rings is 9. The Bertz CT molecular complexity index is 4830. The molecule has 68 heavy (non-hydrogen) atoms. The fraction of sp³-hybridized carbons (Fsp3) is 0.0172. The minimum atomic E-state index is 0.580. The lowest BCUT2D eigenvalue weighted by atomic mass is 10.0. The number of fused-ring (bicyclic) bond motifs is 18. The molecule has 16 rings (SSSR count). The normalized spacial score (nSPS) is 12.5. The van der Waals surface area contributed by atoms with Gasteiger partial charge in [-0.3, -0.25) is 17.8 Å². The van der Waals surface area contributed by atoms with Crippen molar-refractivity contribution in [1.82, 2.24) is 41.9 Å². The molecule has 0 amide bonds. The smallest absolute Gasteiger partial charge is 0.307 e. The summed E-state index contributed by atoms with van der Waals surface area (Å²) in [6.07, 6.45) is 0. The number of oxazole rings is 1. The van der Waals surface area contributed by atoms with E-state index >= 15 is 0 Å². The summed E-state index contributed by atoms with van der Waals surface area (Å²) in [5.41, 5.74) is 21.2. The van der Waals surface area contributed by atoms with Gasteiger partial charge in [-0.1, -0.05) is 84.9 Å². The van der Waals surface area contributed by atoms with Crippen molar-refractivity contribution >= 4 is 105 Å². The van der Waals surface area contributed by atoms with Crippen molar-refractivity contribution in [1.29, 1.82) is 0 Å². The molecule has 0 radical (unpaired) electrons. The van der Waals surface area contributed by atoms with Crippen LogP contribution in [0.5, 0.6) is 0 Å². The predicted molar refractivity (Wildman–Crippen MR) is 274 cm³/mol. The lowest BCUT2D eigenvalue weighted by Gasteiger charge is -2.11. The van der Waals surface area contributed by atoms with Gasteiger partial charge in [0, 0.05) is 23.5 Å². The summed E-state index contributed by atoms with van der Waals surface area (Å²) in [6.45, 7) is 0. The quantitative estimate of drug-likeness (QED) is 0.176. The van der Waals surface area contributed by atoms with E-state index in [-0.39, 0.29) is 0 Å². The number of aromatic nitrogens is 9. The maximum absolute atomic E-state index is 6.15. The molecule has 0 aliphatic rings. The van der Waals surface area contributed by atoms with Crippen LogP contribution < -0.4 is 0 Å². The minimum Gasteiger partial charge on any atom is -0.423 e. The number of hydrogen-bond donors (Lipinski definition) is 0. The van der Waals surface area contributed by atoms with Crippen molar-refractivity contribution in [2.24, 2.45) is 7.05 Å². The highest BCUT2D eigenvalue weighted by Crippen LogP contribution is 2.39. The first-order valence-corrected chi connectivity index (χ1v) is 22.8. The van der Waals surface area contributed by atoms with Crippen LogP contribution in [0.3, 0.4) is 0 Å². The van der Waals surface area contributed by atoms with Gasteiger partial charge in [-0.2, -0.15) is 4.98 Å². The second kappa shape index (κ2) is 12.9. The largest absolute Gasteiger partial charge is 0.423 e. The average molecular weight is 874 g/mol. The summed E-state index contributed by atoms with van der Waals surface area (Å²) in [4.78, 5) is 15.1. The van der Waals surface area contributed by atoms with Crippen LogP contribution in [-0.2, 0) is 7.05 Å². The van der Waals surface area contributed by atoms with Crippen molar-refractivity contribution in [3.63, 3.8) is 0 Å². The monoisotopic (exact) mass is 873 g/mol. The molecule has 0 N–H and O–H groups in total. The zero-order chi connectivity index (χ0) is 44.4. The fourth-order valence-electron chi connectivity index (χ4n) is 11.1. The summed E-state index contributed by atoms with van der Waals surface area (Å²) in [6, 6.07) is 69.4. The molecule has 10 heteroatoms. The second-order valence-corrected chi connectivity index (χ2v) is 17.9. The molecular weight excluding hydrogens is 839 g/mol. The number of imidazole rings is 5. The van der Waals surface area contributed by atoms with E-state index in [1.54, 1.807) is 0 Å². The highest BCUT2D eigenvalue weighted by molar-refractivity contribution is 6.11. The summed E-state index contributed by atoms with van der Waals surface area (Å²) in [5, 5.41) is 2.43. The van der Waals surface area contributed by atoms with E-state index in [9.17, 15) is 0 Å². The lowest BCUT2D eigenvalue weighted by molar-refractivity contribution is 0.643. The van der Waals surface area contributed by atoms with Gasteiger partial charge < -0.3 is 13.6 Å². The van der Waals surface area contributed by atoms with E-state index < -0.39 is 0 Å². The molecule has 0 aliphatic heterocycles. The van der Waals surface area contributed by atoms with Gasteiger partial charge in [-0.15, -0.1) is 0 Å². The summed E-state index contributed by atoms with van der Waals surface area (Å²) < 4.78 is 19.7. The Labute approximate surface area is 385 Å². The molecule has 7 heterocycles. The highest BCUT2D eigenvalue weighted by Gasteiger charge is 2.22. The van der Waals surface area contributed by atoms with Crippen LogP contribution in [0.2, 0.25) is 0 Å². The van der Waals surface area contributed by atoms with Gasteiger partial charge in [0.1, 0.15) is 0 Å². The highest BCUT2D eigenvalue weighted by atomic mass is 16.4. The molecule has 10 nitrogen and oxygen atoms in total. The Morgan fingerprint density at radius 2 is 0.926 bits per heavy atom. The molecule has 0 aliphatic carbocycles. The van der Waals surface area contributed by atoms with Gasteiger partial charge in [0.25, 0.3) is 0 Å². The Morgan fingerprint density at radius 3 is 1.74 bits per heavy atom. The van der Waals surface area contributed by atoms with E-state index in [1.165, 1.54) is 21.9 Å². The third kappa shape index (κ3) is 4.71. The van der Waals surface area contributed by atoms with E-state index in [2.05, 4.69) is 204 Å². The molecule has 0 bridgehead atoms. The lowest BCUT2D eigenvalue weighted by Crippen LogP contribution is -1.96. The maximum atomic E-state index is 6.15.